The summed E-state index contributed by atoms with van der Waals surface area (Å²) < 4.78 is 87.9. The summed E-state index contributed by atoms with van der Waals surface area (Å²) in [4.78, 5) is 59.9. The van der Waals surface area contributed by atoms with Gasteiger partial charge >= 0.3 is 19.5 Å². The number of methoxy groups -OCH3 is 1. The Morgan fingerprint density at radius 3 is 1.23 bits per heavy atom. The number of H-pyrrole nitrogens is 1. The molecule has 0 saturated carbocycles. The van der Waals surface area contributed by atoms with Crippen LogP contribution in [0.25, 0.3) is 44.1 Å². The standard InChI is InChI=1S/C24H20N6O2.C21H16ClN5O3S.C20H16ClIN4O3S.C13H8Cl2IN3O2S.C10H11NO.C7H9NO.2CN.Zn/c25-11-17-12-26-22-21(17)23(27-18-5-1-14(13-31)2-6-18)30-24(29-22)28-19-7-3-16-10-20(32)8-4-15(16)9-19;1-13-2-8-17(9-3-13)31(29,30)27-11-15(10-23)18-19(25-21(22)26-20(18)27)24-16-6-4-14(12-28)5-7-16;1-12-2-8-15(9-3-12)30(28,29)26-10-16(22)17-18(24-20(21)25-19(17)26)23-14-6-4-13(11-27)5-7-14;1-7-2-4-8(5-3-7)22(20,21)19-6-9(16)10-11(14)17-13(15)18-12(10)19;11-9-3-1-8-6-10(12)4-2-7(8)5-9;1-9-7-4-2-6(8)3-5-7;2*1-2;/h1-3,5-7,9,12,31H,4,8,10,13H2,(H3,26,27,28,29,30);2-9,11,28H,12H2,1H3,(H,24,25,26);2-10,27H,11H2,1H3,(H,23,24,25);2-6H,1H3;1,3,5H,2,4,6,11H2;2-5H,8H2,1H3;;;/q;;;;;;2*-1;+2. The van der Waals surface area contributed by atoms with E-state index in [4.69, 9.17) is 86.3 Å². The predicted molar refractivity (Wildman–Crippen MR) is 552 cm³/mol. The fourth-order valence-electron chi connectivity index (χ4n) is 14.2. The average molecular weight is 2300 g/mol. The van der Waals surface area contributed by atoms with Crippen molar-refractivity contribution in [3.8, 4) is 17.9 Å². The molecule has 8 heterocycles. The van der Waals surface area contributed by atoms with Gasteiger partial charge in [0.25, 0.3) is 30.1 Å². The van der Waals surface area contributed by atoms with E-state index in [1.54, 1.807) is 135 Å². The van der Waals surface area contributed by atoms with Gasteiger partial charge in [-0.3, -0.25) is 9.59 Å². The molecular weight excluding hydrogens is 2220 g/mol. The number of carbonyl (C=O) groups excluding carboxylic acids is 2. The van der Waals surface area contributed by atoms with Crippen molar-refractivity contribution in [1.29, 1.82) is 21.0 Å². The van der Waals surface area contributed by atoms with Crippen molar-refractivity contribution in [2.75, 3.05) is 39.8 Å². The van der Waals surface area contributed by atoms with Crippen LogP contribution in [0.1, 0.15) is 79.6 Å². The molecule has 12 N–H and O–H groups in total. The first-order chi connectivity index (χ1) is 67.1. The number of nitrogens with one attached hydrogen (secondary N) is 5. The Hall–Kier alpha value is -13.7. The number of halogens is 6. The summed E-state index contributed by atoms with van der Waals surface area (Å²) in [6.45, 7) is 15.0. The molecule has 2 aliphatic carbocycles. The van der Waals surface area contributed by atoms with Gasteiger partial charge in [0, 0.05) is 91.7 Å². The van der Waals surface area contributed by atoms with Gasteiger partial charge < -0.3 is 81.4 Å². The molecule has 712 valence electrons. The largest absolute Gasteiger partial charge is 2.00 e. The van der Waals surface area contributed by atoms with E-state index in [1.807, 2.05) is 122 Å². The summed E-state index contributed by atoms with van der Waals surface area (Å²) in [6, 6.07) is 64.1. The molecule has 0 radical (unpaired) electrons. The number of hydrogen-bond acceptors (Lipinski definition) is 30. The summed E-state index contributed by atoms with van der Waals surface area (Å²) in [6.07, 6.45) is 9.71. The minimum absolute atomic E-state index is 0. The number of Topliss-reactive ketones (excluding diaryl/α,β-unsaturated/α-hetero) is 2. The molecule has 17 aromatic rings. The van der Waals surface area contributed by atoms with E-state index in [9.17, 15) is 60.7 Å². The number of carbonyl (C=O) groups is 2. The molecule has 0 fully saturated rings. The molecule has 9 aromatic carbocycles. The van der Waals surface area contributed by atoms with E-state index >= 15 is 0 Å². The maximum atomic E-state index is 13.2. The molecule has 141 heavy (non-hydrogen) atoms. The number of fused-ring (bicyclic) bond motifs is 6. The molecule has 8 aromatic heterocycles. The van der Waals surface area contributed by atoms with Gasteiger partial charge in [0.1, 0.15) is 57.7 Å². The van der Waals surface area contributed by atoms with Crippen LogP contribution in [0.3, 0.4) is 0 Å². The Morgan fingerprint density at radius 2 is 0.801 bits per heavy atom. The van der Waals surface area contributed by atoms with Gasteiger partial charge in [0.05, 0.1) is 74.3 Å². The number of nitrogen functional groups attached to an aromatic ring is 2. The Balaban J connectivity index is 0.000000166. The number of nitrogens with two attached hydrogens (primary N) is 2. The number of anilines is 10. The average Bonchev–Trinajstić information content (AvgIpc) is 1.60. The smallest absolute Gasteiger partial charge is 0.512 e. The van der Waals surface area contributed by atoms with Gasteiger partial charge in [-0.05, 0) is 274 Å². The number of aromatic nitrogens is 12. The monoisotopic (exact) mass is 2300 g/mol. The quantitative estimate of drug-likeness (QED) is 0.00952. The number of aromatic amines is 1. The van der Waals surface area contributed by atoms with Gasteiger partial charge in [-0.25, -0.2) is 42.2 Å². The van der Waals surface area contributed by atoms with Crippen LogP contribution in [0.15, 0.2) is 246 Å². The van der Waals surface area contributed by atoms with E-state index in [0.717, 1.165) is 103 Å². The summed E-state index contributed by atoms with van der Waals surface area (Å²) in [7, 11) is -10.1. The summed E-state index contributed by atoms with van der Waals surface area (Å²) in [5.74, 6) is 2.91. The number of rotatable bonds is 18. The van der Waals surface area contributed by atoms with Crippen molar-refractivity contribution in [1.82, 2.24) is 56.8 Å². The third-order valence-corrected chi connectivity index (χ3v) is 28.7. The first-order valence-electron chi connectivity index (χ1n) is 41.6. The summed E-state index contributed by atoms with van der Waals surface area (Å²) in [5.41, 5.74) is 26.7. The first-order valence-corrected chi connectivity index (χ1v) is 49.6. The number of aryl methyl sites for hydroxylation is 5. The first kappa shape index (κ1) is 108. The maximum absolute atomic E-state index is 13.2. The molecule has 0 atom stereocenters. The van der Waals surface area contributed by atoms with Crippen LogP contribution in [0.5, 0.6) is 5.75 Å². The second-order valence-electron chi connectivity index (χ2n) is 30.7. The fraction of sp³-hybridized carbons (Fsp3) is 0.134. The Kier molecular flexibility index (Phi) is 37.0. The van der Waals surface area contributed by atoms with E-state index in [1.165, 1.54) is 36.3 Å². The Bertz CT molecular complexity index is 7980. The minimum atomic E-state index is -4.03. The van der Waals surface area contributed by atoms with Crippen LogP contribution in [0, 0.1) is 74.2 Å². The van der Waals surface area contributed by atoms with Crippen LogP contribution in [0.2, 0.25) is 21.0 Å². The molecule has 44 heteroatoms. The zero-order valence-corrected chi connectivity index (χ0v) is 87.6. The number of nitriles is 2. The van der Waals surface area contributed by atoms with Crippen LogP contribution < -0.4 is 37.5 Å². The molecule has 34 nitrogen and oxygen atoms in total. The molecule has 19 rings (SSSR count). The molecule has 0 unspecified atom stereocenters. The van der Waals surface area contributed by atoms with Gasteiger partial charge in [-0.2, -0.15) is 45.4 Å². The second kappa shape index (κ2) is 48.5. The van der Waals surface area contributed by atoms with Crippen LogP contribution >= 0.6 is 91.6 Å². The molecular formula is C97H80Cl4I2N22O12S3Zn. The fourth-order valence-corrected chi connectivity index (χ4v) is 21.0. The van der Waals surface area contributed by atoms with Crippen LogP contribution in [0.4, 0.5) is 57.5 Å². The number of nitrogens with zero attached hydrogens (tertiary/aromatic N) is 15. The van der Waals surface area contributed by atoms with Crippen LogP contribution in [-0.2, 0) is 105 Å². The van der Waals surface area contributed by atoms with Crippen molar-refractivity contribution in [3.05, 3.63) is 339 Å². The SMILES string of the molecule is COc1ccc(N)cc1.Cc1ccc(S(=O)(=O)n2cc(C#N)c3c(Nc4ccc(CO)cc4)nc(Cl)nc32)cc1.Cc1ccc(S(=O)(=O)n2cc(I)c3c(Cl)nc(Cl)nc32)cc1.Cc1ccc(S(=O)(=O)n2cc(I)c3c(Nc4ccc(CO)cc4)nc(Cl)nc32)cc1.N#Cc1c[nH]c2nc(Nc3ccc4c(c3)CCC(=O)C4)nc(Nc3ccc(CO)cc3)c12.Nc1ccc2c(c1)CCC(=O)C2.[C-]#N.[C-]#N.[Zn+2]. The number of benzene rings is 9. The zero-order chi connectivity index (χ0) is 101. The Morgan fingerprint density at radius 1 is 0.433 bits per heavy atom. The molecule has 2 aliphatic rings. The van der Waals surface area contributed by atoms with Crippen molar-refractivity contribution in [3.63, 3.8) is 0 Å². The van der Waals surface area contributed by atoms with Gasteiger partial charge in [0.2, 0.25) is 21.8 Å². The summed E-state index contributed by atoms with van der Waals surface area (Å²) >= 11 is 28.1. The number of ketones is 2. The molecule has 0 amide bonds. The van der Waals surface area contributed by atoms with Crippen molar-refractivity contribution in [2.24, 2.45) is 0 Å². The van der Waals surface area contributed by atoms with E-state index in [2.05, 4.69) is 94.8 Å². The number of hydrogen-bond donors (Lipinski definition) is 10. The molecule has 0 bridgehead atoms. The number of aliphatic hydroxyl groups excluding tert-OH is 3. The van der Waals surface area contributed by atoms with Gasteiger partial charge in [-0.15, -0.1) is 0 Å². The summed E-state index contributed by atoms with van der Waals surface area (Å²) in [5, 5.41) is 73.6. The number of aliphatic hydroxyl groups is 3. The van der Waals surface area contributed by atoms with Crippen molar-refractivity contribution >= 4 is 235 Å². The third kappa shape index (κ3) is 26.1. The zero-order valence-electron chi connectivity index (χ0n) is 74.9. The molecule has 0 spiro atoms. The number of ether oxygens (including phenoxy) is 1. The normalized spacial score (nSPS) is 11.8. The topological polar surface area (TPSA) is 535 Å². The van der Waals surface area contributed by atoms with E-state index in [0.29, 0.717) is 94.9 Å². The van der Waals surface area contributed by atoms with Gasteiger partial charge in [-0.1, -0.05) is 113 Å². The van der Waals surface area contributed by atoms with Crippen molar-refractivity contribution in [2.45, 2.75) is 93.8 Å². The predicted octanol–water partition coefficient (Wildman–Crippen LogP) is 18.8. The molecule has 0 saturated heterocycles. The van der Waals surface area contributed by atoms with E-state index in [-0.39, 0.29) is 114 Å². The van der Waals surface area contributed by atoms with E-state index < -0.39 is 30.1 Å². The van der Waals surface area contributed by atoms with Crippen molar-refractivity contribution < 1.29 is 74.4 Å². The van der Waals surface area contributed by atoms with Gasteiger partial charge in [0.15, 0.2) is 16.9 Å². The molecule has 0 aliphatic heterocycles. The van der Waals surface area contributed by atoms with Crippen LogP contribution in [-0.4, -0.2) is 116 Å². The minimum Gasteiger partial charge on any atom is -0.512 e. The Labute approximate surface area is 869 Å². The third-order valence-electron chi connectivity index (χ3n) is 21.3. The maximum Gasteiger partial charge on any atom is 2.00 e. The second-order valence-corrected chi connectivity index (χ2v) is 39.9.